The molecule has 0 amide bonds. The SMILES string of the molecule is COC(=O)c1cc(C=O)c(C2CCC2)cc1C. The van der Waals surface area contributed by atoms with E-state index < -0.39 is 0 Å². The van der Waals surface area contributed by atoms with Crippen LogP contribution < -0.4 is 0 Å². The van der Waals surface area contributed by atoms with Crippen molar-refractivity contribution in [2.24, 2.45) is 0 Å². The zero-order valence-corrected chi connectivity index (χ0v) is 10.2. The normalized spacial score (nSPS) is 15.2. The molecule has 1 aliphatic carbocycles. The van der Waals surface area contributed by atoms with Crippen molar-refractivity contribution in [2.45, 2.75) is 32.1 Å². The molecule has 0 N–H and O–H groups in total. The van der Waals surface area contributed by atoms with Gasteiger partial charge in [0.2, 0.25) is 0 Å². The molecule has 0 saturated heterocycles. The molecule has 17 heavy (non-hydrogen) atoms. The summed E-state index contributed by atoms with van der Waals surface area (Å²) in [5.74, 6) is 0.103. The van der Waals surface area contributed by atoms with E-state index >= 15 is 0 Å². The lowest BCUT2D eigenvalue weighted by Crippen LogP contribution is -2.13. The van der Waals surface area contributed by atoms with Crippen molar-refractivity contribution in [3.8, 4) is 0 Å². The average molecular weight is 232 g/mol. The minimum atomic E-state index is -0.384. The molecule has 2 rings (SSSR count). The van der Waals surface area contributed by atoms with Crippen LogP contribution in [0, 0.1) is 6.92 Å². The van der Waals surface area contributed by atoms with E-state index in [0.29, 0.717) is 17.0 Å². The third kappa shape index (κ3) is 2.09. The van der Waals surface area contributed by atoms with E-state index in [1.165, 1.54) is 13.5 Å². The van der Waals surface area contributed by atoms with Gasteiger partial charge in [-0.25, -0.2) is 4.79 Å². The fraction of sp³-hybridized carbons (Fsp3) is 0.429. The molecular weight excluding hydrogens is 216 g/mol. The van der Waals surface area contributed by atoms with Gasteiger partial charge in [-0.2, -0.15) is 0 Å². The van der Waals surface area contributed by atoms with Crippen LogP contribution in [0.5, 0.6) is 0 Å². The highest BCUT2D eigenvalue weighted by Gasteiger charge is 2.24. The second-order valence-electron chi connectivity index (χ2n) is 4.53. The van der Waals surface area contributed by atoms with Crippen molar-refractivity contribution >= 4 is 12.3 Å². The topological polar surface area (TPSA) is 43.4 Å². The minimum absolute atomic E-state index is 0.384. The van der Waals surface area contributed by atoms with Gasteiger partial charge >= 0.3 is 5.97 Å². The summed E-state index contributed by atoms with van der Waals surface area (Å²) in [6, 6.07) is 3.61. The van der Waals surface area contributed by atoms with Gasteiger partial charge in [-0.05, 0) is 42.9 Å². The number of carbonyl (C=O) groups is 2. The molecule has 1 aromatic rings. The van der Waals surface area contributed by atoms with E-state index in [-0.39, 0.29) is 5.97 Å². The summed E-state index contributed by atoms with van der Waals surface area (Å²) in [5, 5.41) is 0. The smallest absolute Gasteiger partial charge is 0.338 e. The first-order chi connectivity index (χ1) is 8.17. The molecule has 0 bridgehead atoms. The van der Waals surface area contributed by atoms with E-state index in [1.54, 1.807) is 6.07 Å². The predicted molar refractivity (Wildman–Crippen MR) is 64.5 cm³/mol. The molecule has 3 heteroatoms. The second-order valence-corrected chi connectivity index (χ2v) is 4.53. The fourth-order valence-corrected chi connectivity index (χ4v) is 2.25. The number of ether oxygens (including phenoxy) is 1. The Hall–Kier alpha value is -1.64. The summed E-state index contributed by atoms with van der Waals surface area (Å²) in [6.45, 7) is 1.88. The standard InChI is InChI=1S/C14H16O3/c1-9-6-13(10-4-3-5-10)11(8-15)7-12(9)14(16)17-2/h6-8,10H,3-5H2,1-2H3. The van der Waals surface area contributed by atoms with Crippen LogP contribution >= 0.6 is 0 Å². The van der Waals surface area contributed by atoms with Gasteiger partial charge in [0.25, 0.3) is 0 Å². The molecule has 0 spiro atoms. The maximum Gasteiger partial charge on any atom is 0.338 e. The number of aryl methyl sites for hydroxylation is 1. The van der Waals surface area contributed by atoms with E-state index in [2.05, 4.69) is 0 Å². The highest BCUT2D eigenvalue weighted by atomic mass is 16.5. The summed E-state index contributed by atoms with van der Waals surface area (Å²) < 4.78 is 4.70. The molecule has 0 radical (unpaired) electrons. The number of carbonyl (C=O) groups excluding carboxylic acids is 2. The molecular formula is C14H16O3. The lowest BCUT2D eigenvalue weighted by molar-refractivity contribution is 0.0600. The Labute approximate surface area is 101 Å². The van der Waals surface area contributed by atoms with Crippen LogP contribution in [0.25, 0.3) is 0 Å². The molecule has 0 unspecified atom stereocenters. The Balaban J connectivity index is 2.45. The fourth-order valence-electron chi connectivity index (χ4n) is 2.25. The largest absolute Gasteiger partial charge is 0.465 e. The number of hydrogen-bond donors (Lipinski definition) is 0. The number of rotatable bonds is 3. The lowest BCUT2D eigenvalue weighted by Gasteiger charge is -2.27. The highest BCUT2D eigenvalue weighted by Crippen LogP contribution is 2.38. The van der Waals surface area contributed by atoms with Crippen LogP contribution in [0.4, 0.5) is 0 Å². The summed E-state index contributed by atoms with van der Waals surface area (Å²) in [7, 11) is 1.35. The van der Waals surface area contributed by atoms with Gasteiger partial charge in [-0.1, -0.05) is 12.5 Å². The monoisotopic (exact) mass is 232 g/mol. The Morgan fingerprint density at radius 3 is 2.59 bits per heavy atom. The van der Waals surface area contributed by atoms with Gasteiger partial charge in [0, 0.05) is 5.56 Å². The molecule has 0 heterocycles. The van der Waals surface area contributed by atoms with Crippen LogP contribution in [0.15, 0.2) is 12.1 Å². The third-order valence-corrected chi connectivity index (χ3v) is 3.51. The van der Waals surface area contributed by atoms with Crippen LogP contribution in [0.1, 0.15) is 57.0 Å². The first-order valence-electron chi connectivity index (χ1n) is 5.85. The van der Waals surface area contributed by atoms with Gasteiger partial charge in [0.1, 0.15) is 6.29 Å². The summed E-state index contributed by atoms with van der Waals surface area (Å²) in [6.07, 6.45) is 4.33. The van der Waals surface area contributed by atoms with Crippen molar-refractivity contribution in [3.63, 3.8) is 0 Å². The van der Waals surface area contributed by atoms with Gasteiger partial charge in [0.05, 0.1) is 12.7 Å². The zero-order valence-electron chi connectivity index (χ0n) is 10.2. The van der Waals surface area contributed by atoms with Crippen LogP contribution in [0.2, 0.25) is 0 Å². The van der Waals surface area contributed by atoms with E-state index in [4.69, 9.17) is 4.74 Å². The molecule has 1 fully saturated rings. The van der Waals surface area contributed by atoms with E-state index in [9.17, 15) is 9.59 Å². The van der Waals surface area contributed by atoms with Crippen molar-refractivity contribution in [3.05, 3.63) is 34.4 Å². The zero-order chi connectivity index (χ0) is 12.4. The third-order valence-electron chi connectivity index (χ3n) is 3.51. The van der Waals surface area contributed by atoms with Crippen molar-refractivity contribution in [1.82, 2.24) is 0 Å². The van der Waals surface area contributed by atoms with Gasteiger partial charge < -0.3 is 4.74 Å². The quantitative estimate of drug-likeness (QED) is 0.594. The Bertz CT molecular complexity index is 459. The molecule has 0 aliphatic heterocycles. The van der Waals surface area contributed by atoms with Crippen LogP contribution in [0.3, 0.4) is 0 Å². The Kier molecular flexibility index (Phi) is 3.27. The first-order valence-corrected chi connectivity index (χ1v) is 5.85. The molecule has 1 aromatic carbocycles. The van der Waals surface area contributed by atoms with Gasteiger partial charge in [-0.3, -0.25) is 4.79 Å². The average Bonchev–Trinajstić information content (AvgIpc) is 2.26. The van der Waals surface area contributed by atoms with Crippen molar-refractivity contribution in [2.75, 3.05) is 7.11 Å². The molecule has 1 saturated carbocycles. The molecule has 0 aromatic heterocycles. The summed E-state index contributed by atoms with van der Waals surface area (Å²) in [4.78, 5) is 22.6. The predicted octanol–water partition coefficient (Wildman–Crippen LogP) is 2.86. The number of benzene rings is 1. The molecule has 0 atom stereocenters. The lowest BCUT2D eigenvalue weighted by atomic mass is 9.77. The summed E-state index contributed by atoms with van der Waals surface area (Å²) >= 11 is 0. The van der Waals surface area contributed by atoms with E-state index in [0.717, 1.165) is 30.3 Å². The number of esters is 1. The molecule has 3 nitrogen and oxygen atoms in total. The maximum atomic E-state index is 11.5. The molecule has 90 valence electrons. The van der Waals surface area contributed by atoms with Crippen LogP contribution in [-0.4, -0.2) is 19.4 Å². The number of hydrogen-bond acceptors (Lipinski definition) is 3. The van der Waals surface area contributed by atoms with Crippen molar-refractivity contribution in [1.29, 1.82) is 0 Å². The van der Waals surface area contributed by atoms with E-state index in [1.807, 2.05) is 13.0 Å². The number of methoxy groups -OCH3 is 1. The minimum Gasteiger partial charge on any atom is -0.465 e. The maximum absolute atomic E-state index is 11.5. The first kappa shape index (κ1) is 11.8. The second kappa shape index (κ2) is 4.70. The van der Waals surface area contributed by atoms with Gasteiger partial charge in [0.15, 0.2) is 0 Å². The van der Waals surface area contributed by atoms with Crippen LogP contribution in [-0.2, 0) is 4.74 Å². The highest BCUT2D eigenvalue weighted by molar-refractivity contribution is 5.93. The number of aldehydes is 1. The summed E-state index contributed by atoms with van der Waals surface area (Å²) in [5.41, 5.74) is 3.07. The van der Waals surface area contributed by atoms with Gasteiger partial charge in [-0.15, -0.1) is 0 Å². The van der Waals surface area contributed by atoms with Crippen molar-refractivity contribution < 1.29 is 14.3 Å². The molecule has 1 aliphatic rings. The Morgan fingerprint density at radius 1 is 1.41 bits per heavy atom. The Morgan fingerprint density at radius 2 is 2.12 bits per heavy atom.